The van der Waals surface area contributed by atoms with E-state index in [2.05, 4.69) is 11.9 Å². The molecule has 1 atom stereocenters. The Kier molecular flexibility index (Phi) is 5.73. The third kappa shape index (κ3) is 4.59. The van der Waals surface area contributed by atoms with Gasteiger partial charge >= 0.3 is 0 Å². The largest absolute Gasteiger partial charge is 0.491 e. The van der Waals surface area contributed by atoms with Gasteiger partial charge in [-0.3, -0.25) is 0 Å². The van der Waals surface area contributed by atoms with Gasteiger partial charge in [0, 0.05) is 13.1 Å². The Balaban J connectivity index is 2.39. The molecular weight excluding hydrogens is 214 g/mol. The lowest BCUT2D eigenvalue weighted by atomic mass is 10.1. The normalized spacial score (nSPS) is 12.2. The number of hydrogen-bond acceptors (Lipinski definition) is 3. The Morgan fingerprint density at radius 3 is 2.94 bits per heavy atom. The fourth-order valence-corrected chi connectivity index (χ4v) is 1.48. The summed E-state index contributed by atoms with van der Waals surface area (Å²) in [5.41, 5.74) is 2.32. The van der Waals surface area contributed by atoms with E-state index in [4.69, 9.17) is 4.74 Å². The molecule has 17 heavy (non-hydrogen) atoms. The zero-order valence-corrected chi connectivity index (χ0v) is 10.6. The second kappa shape index (κ2) is 7.09. The Labute approximate surface area is 103 Å². The third-order valence-electron chi connectivity index (χ3n) is 2.65. The van der Waals surface area contributed by atoms with Gasteiger partial charge in [-0.1, -0.05) is 18.2 Å². The van der Waals surface area contributed by atoms with Crippen LogP contribution < -0.4 is 10.1 Å². The summed E-state index contributed by atoms with van der Waals surface area (Å²) in [6, 6.07) is 5.93. The maximum absolute atomic E-state index is 9.68. The first-order valence-corrected chi connectivity index (χ1v) is 5.84. The highest BCUT2D eigenvalue weighted by molar-refractivity contribution is 5.38. The van der Waals surface area contributed by atoms with Crippen molar-refractivity contribution in [3.63, 3.8) is 0 Å². The van der Waals surface area contributed by atoms with Crippen LogP contribution in [0.5, 0.6) is 5.75 Å². The molecule has 0 fully saturated rings. The van der Waals surface area contributed by atoms with E-state index < -0.39 is 6.10 Å². The topological polar surface area (TPSA) is 41.5 Å². The monoisotopic (exact) mass is 235 g/mol. The van der Waals surface area contributed by atoms with E-state index in [0.717, 1.165) is 11.3 Å². The molecule has 3 heteroatoms. The Bertz CT molecular complexity index is 363. The molecule has 0 saturated carbocycles. The maximum atomic E-state index is 9.68. The minimum absolute atomic E-state index is 0.300. The van der Waals surface area contributed by atoms with Crippen molar-refractivity contribution in [1.29, 1.82) is 0 Å². The van der Waals surface area contributed by atoms with Crippen LogP contribution in [0.25, 0.3) is 0 Å². The molecule has 0 aliphatic carbocycles. The molecule has 94 valence electrons. The average molecular weight is 235 g/mol. The predicted octanol–water partition coefficient (Wildman–Crippen LogP) is 1.82. The van der Waals surface area contributed by atoms with E-state index in [1.54, 1.807) is 6.08 Å². The second-order valence-electron chi connectivity index (χ2n) is 4.11. The first kappa shape index (κ1) is 13.7. The molecule has 0 spiro atoms. The molecular formula is C14H21NO2. The van der Waals surface area contributed by atoms with E-state index in [1.165, 1.54) is 5.56 Å². The fourth-order valence-electron chi connectivity index (χ4n) is 1.48. The number of aryl methyl sites for hydroxylation is 1. The molecule has 2 N–H and O–H groups in total. The summed E-state index contributed by atoms with van der Waals surface area (Å²) in [6.45, 7) is 9.17. The van der Waals surface area contributed by atoms with Gasteiger partial charge in [0.05, 0.1) is 0 Å². The Morgan fingerprint density at radius 1 is 1.47 bits per heavy atom. The van der Waals surface area contributed by atoms with Crippen LogP contribution >= 0.6 is 0 Å². The Morgan fingerprint density at radius 2 is 2.24 bits per heavy atom. The second-order valence-corrected chi connectivity index (χ2v) is 4.11. The van der Waals surface area contributed by atoms with E-state index >= 15 is 0 Å². The van der Waals surface area contributed by atoms with Crippen LogP contribution in [0.1, 0.15) is 11.1 Å². The smallest absolute Gasteiger partial charge is 0.122 e. The number of benzene rings is 1. The van der Waals surface area contributed by atoms with Gasteiger partial charge < -0.3 is 15.2 Å². The lowest BCUT2D eigenvalue weighted by Crippen LogP contribution is -2.31. The summed E-state index contributed by atoms with van der Waals surface area (Å²) in [5, 5.41) is 12.7. The first-order chi connectivity index (χ1) is 8.15. The van der Waals surface area contributed by atoms with E-state index in [1.807, 2.05) is 32.0 Å². The van der Waals surface area contributed by atoms with Crippen LogP contribution in [0.3, 0.4) is 0 Å². The van der Waals surface area contributed by atoms with Gasteiger partial charge in [0.25, 0.3) is 0 Å². The summed E-state index contributed by atoms with van der Waals surface area (Å²) in [4.78, 5) is 0. The summed E-state index contributed by atoms with van der Waals surface area (Å²) >= 11 is 0. The number of aliphatic hydroxyl groups is 1. The van der Waals surface area contributed by atoms with Gasteiger partial charge in [-0.15, -0.1) is 6.58 Å². The molecule has 0 radical (unpaired) electrons. The van der Waals surface area contributed by atoms with Crippen molar-refractivity contribution in [2.45, 2.75) is 20.0 Å². The quantitative estimate of drug-likeness (QED) is 0.559. The summed E-state index contributed by atoms with van der Waals surface area (Å²) in [7, 11) is 0. The van der Waals surface area contributed by atoms with Crippen molar-refractivity contribution >= 4 is 0 Å². The Hall–Kier alpha value is -1.32. The van der Waals surface area contributed by atoms with Crippen LogP contribution in [0.4, 0.5) is 0 Å². The lowest BCUT2D eigenvalue weighted by molar-refractivity contribution is 0.107. The fraction of sp³-hybridized carbons (Fsp3) is 0.429. The summed E-state index contributed by atoms with van der Waals surface area (Å²) in [6.07, 6.45) is 1.26. The van der Waals surface area contributed by atoms with Crippen LogP contribution in [-0.4, -0.2) is 30.9 Å². The molecule has 3 nitrogen and oxygen atoms in total. The predicted molar refractivity (Wildman–Crippen MR) is 70.5 cm³/mol. The number of nitrogens with one attached hydrogen (secondary N) is 1. The highest BCUT2D eigenvalue weighted by Crippen LogP contribution is 2.20. The summed E-state index contributed by atoms with van der Waals surface area (Å²) < 4.78 is 5.59. The van der Waals surface area contributed by atoms with Gasteiger partial charge in [0.2, 0.25) is 0 Å². The molecule has 1 rings (SSSR count). The molecule has 0 bridgehead atoms. The molecule has 1 aromatic rings. The van der Waals surface area contributed by atoms with Crippen LogP contribution in [0.2, 0.25) is 0 Å². The molecule has 1 unspecified atom stereocenters. The molecule has 0 aliphatic heterocycles. The number of aliphatic hydroxyl groups excluding tert-OH is 1. The van der Waals surface area contributed by atoms with Crippen molar-refractivity contribution in [2.75, 3.05) is 19.7 Å². The van der Waals surface area contributed by atoms with Gasteiger partial charge in [-0.25, -0.2) is 0 Å². The SMILES string of the molecule is C=CCNCC(O)COc1cccc(C)c1C. The van der Waals surface area contributed by atoms with Gasteiger partial charge in [-0.05, 0) is 31.0 Å². The van der Waals surface area contributed by atoms with Crippen molar-refractivity contribution in [2.24, 2.45) is 0 Å². The molecule has 0 aliphatic rings. The first-order valence-electron chi connectivity index (χ1n) is 5.84. The minimum Gasteiger partial charge on any atom is -0.491 e. The molecule has 0 amide bonds. The highest BCUT2D eigenvalue weighted by atomic mass is 16.5. The van der Waals surface area contributed by atoms with Crippen molar-refractivity contribution in [3.8, 4) is 5.75 Å². The van der Waals surface area contributed by atoms with Gasteiger partial charge in [0.15, 0.2) is 0 Å². The average Bonchev–Trinajstić information content (AvgIpc) is 2.31. The van der Waals surface area contributed by atoms with Crippen LogP contribution in [0.15, 0.2) is 30.9 Å². The highest BCUT2D eigenvalue weighted by Gasteiger charge is 2.06. The maximum Gasteiger partial charge on any atom is 0.122 e. The molecule has 0 heterocycles. The van der Waals surface area contributed by atoms with E-state index in [0.29, 0.717) is 19.7 Å². The standard InChI is InChI=1S/C14H21NO2/c1-4-8-15-9-13(16)10-17-14-7-5-6-11(2)12(14)3/h4-7,13,15-16H,1,8-10H2,2-3H3. The number of rotatable bonds is 7. The molecule has 0 aromatic heterocycles. The summed E-state index contributed by atoms with van der Waals surface area (Å²) in [5.74, 6) is 0.841. The van der Waals surface area contributed by atoms with Crippen molar-refractivity contribution < 1.29 is 9.84 Å². The van der Waals surface area contributed by atoms with E-state index in [9.17, 15) is 5.11 Å². The van der Waals surface area contributed by atoms with Crippen LogP contribution in [0, 0.1) is 13.8 Å². The van der Waals surface area contributed by atoms with Crippen molar-refractivity contribution in [1.82, 2.24) is 5.32 Å². The molecule has 0 saturated heterocycles. The number of ether oxygens (including phenoxy) is 1. The third-order valence-corrected chi connectivity index (χ3v) is 2.65. The van der Waals surface area contributed by atoms with Gasteiger partial charge in [-0.2, -0.15) is 0 Å². The van der Waals surface area contributed by atoms with Crippen LogP contribution in [-0.2, 0) is 0 Å². The van der Waals surface area contributed by atoms with Gasteiger partial charge in [0.1, 0.15) is 18.5 Å². The zero-order chi connectivity index (χ0) is 12.7. The van der Waals surface area contributed by atoms with Crippen molar-refractivity contribution in [3.05, 3.63) is 42.0 Å². The zero-order valence-electron chi connectivity index (χ0n) is 10.6. The molecule has 1 aromatic carbocycles. The minimum atomic E-state index is -0.505. The van der Waals surface area contributed by atoms with E-state index in [-0.39, 0.29) is 0 Å². The lowest BCUT2D eigenvalue weighted by Gasteiger charge is -2.14. The number of hydrogen-bond donors (Lipinski definition) is 2.